The molecule has 0 unspecified atom stereocenters. The van der Waals surface area contributed by atoms with Crippen molar-refractivity contribution in [2.45, 2.75) is 0 Å². The van der Waals surface area contributed by atoms with Gasteiger partial charge in [-0.1, -0.05) is 6.07 Å². The van der Waals surface area contributed by atoms with Crippen molar-refractivity contribution in [3.05, 3.63) is 59.9 Å². The maximum absolute atomic E-state index is 11.9. The topological polar surface area (TPSA) is 77.8 Å². The molecule has 1 aliphatic heterocycles. The van der Waals surface area contributed by atoms with Gasteiger partial charge in [0.2, 0.25) is 0 Å². The second kappa shape index (κ2) is 4.86. The summed E-state index contributed by atoms with van der Waals surface area (Å²) in [5, 5.41) is 14.6. The molecule has 5 nitrogen and oxygen atoms in total. The molecule has 96 valence electrons. The molecule has 0 atom stereocenters. The van der Waals surface area contributed by atoms with E-state index in [0.717, 1.165) is 11.3 Å². The molecule has 20 heavy (non-hydrogen) atoms. The van der Waals surface area contributed by atoms with Crippen molar-refractivity contribution in [2.75, 3.05) is 10.6 Å². The van der Waals surface area contributed by atoms with Gasteiger partial charge in [-0.2, -0.15) is 5.26 Å². The minimum absolute atomic E-state index is 0.192. The van der Waals surface area contributed by atoms with Gasteiger partial charge in [0.25, 0.3) is 5.91 Å². The van der Waals surface area contributed by atoms with E-state index in [9.17, 15) is 4.79 Å². The largest absolute Gasteiger partial charge is 0.361 e. The van der Waals surface area contributed by atoms with Crippen LogP contribution in [0.3, 0.4) is 0 Å². The van der Waals surface area contributed by atoms with E-state index in [1.165, 1.54) is 0 Å². The predicted molar refractivity (Wildman–Crippen MR) is 75.6 cm³/mol. The second-order valence-electron chi connectivity index (χ2n) is 4.25. The molecule has 0 fully saturated rings. The van der Waals surface area contributed by atoms with Crippen molar-refractivity contribution in [3.8, 4) is 6.07 Å². The number of hydrogen-bond acceptors (Lipinski definition) is 4. The Morgan fingerprint density at radius 2 is 2.20 bits per heavy atom. The van der Waals surface area contributed by atoms with E-state index < -0.39 is 0 Å². The molecular formula is C15H10N4O. The standard InChI is InChI=1S/C15H10N4O/c16-8-10-3-1-4-11(7-10)18-9-13-12-5-2-6-17-14(12)19-15(13)20/h1-7,9,18H,(H,17,19,20)/b13-9-. The molecular weight excluding hydrogens is 252 g/mol. The maximum Gasteiger partial charge on any atom is 0.259 e. The summed E-state index contributed by atoms with van der Waals surface area (Å²) in [6, 6.07) is 12.7. The molecule has 0 spiro atoms. The van der Waals surface area contributed by atoms with Crippen molar-refractivity contribution >= 4 is 23.0 Å². The zero-order valence-corrected chi connectivity index (χ0v) is 10.4. The first-order chi connectivity index (χ1) is 9.78. The van der Waals surface area contributed by atoms with E-state index in [0.29, 0.717) is 17.0 Å². The number of rotatable bonds is 2. The fourth-order valence-corrected chi connectivity index (χ4v) is 2.00. The van der Waals surface area contributed by atoms with Crippen LogP contribution < -0.4 is 10.6 Å². The van der Waals surface area contributed by atoms with Crippen LogP contribution in [0.15, 0.2) is 48.8 Å². The lowest BCUT2D eigenvalue weighted by Gasteiger charge is -2.02. The summed E-state index contributed by atoms with van der Waals surface area (Å²) in [6.07, 6.45) is 3.26. The highest BCUT2D eigenvalue weighted by Crippen LogP contribution is 2.29. The SMILES string of the molecule is N#Cc1cccc(N/C=C2\C(=O)Nc3ncccc32)c1. The number of nitriles is 1. The van der Waals surface area contributed by atoms with Crippen LogP contribution in [0.4, 0.5) is 11.5 Å². The predicted octanol–water partition coefficient (Wildman–Crippen LogP) is 2.36. The smallest absolute Gasteiger partial charge is 0.259 e. The van der Waals surface area contributed by atoms with E-state index in [1.54, 1.807) is 36.7 Å². The summed E-state index contributed by atoms with van der Waals surface area (Å²) in [4.78, 5) is 16.0. The third kappa shape index (κ3) is 2.10. The number of anilines is 2. The summed E-state index contributed by atoms with van der Waals surface area (Å²) in [7, 11) is 0. The summed E-state index contributed by atoms with van der Waals surface area (Å²) in [6.45, 7) is 0. The molecule has 5 heteroatoms. The molecule has 0 aliphatic carbocycles. The van der Waals surface area contributed by atoms with Crippen LogP contribution in [-0.4, -0.2) is 10.9 Å². The number of pyridine rings is 1. The van der Waals surface area contributed by atoms with Gasteiger partial charge in [0.05, 0.1) is 17.2 Å². The van der Waals surface area contributed by atoms with Crippen LogP contribution in [0.1, 0.15) is 11.1 Å². The Kier molecular flexibility index (Phi) is 2.90. The lowest BCUT2D eigenvalue weighted by molar-refractivity contribution is -0.110. The molecule has 1 aromatic carbocycles. The van der Waals surface area contributed by atoms with Gasteiger partial charge in [0.1, 0.15) is 5.82 Å². The van der Waals surface area contributed by atoms with E-state index >= 15 is 0 Å². The van der Waals surface area contributed by atoms with E-state index in [4.69, 9.17) is 5.26 Å². The Bertz CT molecular complexity index is 758. The number of nitrogens with zero attached hydrogens (tertiary/aromatic N) is 2. The summed E-state index contributed by atoms with van der Waals surface area (Å²) in [5.74, 6) is 0.374. The molecule has 0 radical (unpaired) electrons. The van der Waals surface area contributed by atoms with E-state index in [1.807, 2.05) is 12.1 Å². The summed E-state index contributed by atoms with van der Waals surface area (Å²) in [5.41, 5.74) is 2.60. The highest BCUT2D eigenvalue weighted by atomic mass is 16.2. The first-order valence-corrected chi connectivity index (χ1v) is 6.01. The third-order valence-corrected chi connectivity index (χ3v) is 2.95. The first kappa shape index (κ1) is 11.9. The number of hydrogen-bond donors (Lipinski definition) is 2. The van der Waals surface area contributed by atoms with Crippen LogP contribution in [-0.2, 0) is 4.79 Å². The van der Waals surface area contributed by atoms with E-state index in [2.05, 4.69) is 21.7 Å². The number of benzene rings is 1. The van der Waals surface area contributed by atoms with Crippen LogP contribution in [0, 0.1) is 11.3 Å². The van der Waals surface area contributed by atoms with E-state index in [-0.39, 0.29) is 5.91 Å². The zero-order valence-electron chi connectivity index (χ0n) is 10.4. The Labute approximate surface area is 115 Å². The first-order valence-electron chi connectivity index (χ1n) is 6.01. The van der Waals surface area contributed by atoms with Gasteiger partial charge in [-0.05, 0) is 30.3 Å². The number of nitrogens with one attached hydrogen (secondary N) is 2. The number of amides is 1. The number of carbonyl (C=O) groups is 1. The van der Waals surface area contributed by atoms with Crippen LogP contribution in [0.5, 0.6) is 0 Å². The summed E-state index contributed by atoms with van der Waals surface area (Å²) < 4.78 is 0. The van der Waals surface area contributed by atoms with Gasteiger partial charge in [-0.3, -0.25) is 4.79 Å². The molecule has 1 amide bonds. The Balaban J connectivity index is 1.90. The normalized spacial score (nSPS) is 14.6. The highest BCUT2D eigenvalue weighted by Gasteiger charge is 2.24. The van der Waals surface area contributed by atoms with Crippen molar-refractivity contribution in [3.63, 3.8) is 0 Å². The zero-order chi connectivity index (χ0) is 13.9. The summed E-state index contributed by atoms with van der Waals surface area (Å²) >= 11 is 0. The highest BCUT2D eigenvalue weighted by molar-refractivity contribution is 6.31. The van der Waals surface area contributed by atoms with Gasteiger partial charge >= 0.3 is 0 Å². The molecule has 0 bridgehead atoms. The number of carbonyl (C=O) groups excluding carboxylic acids is 1. The third-order valence-electron chi connectivity index (χ3n) is 2.95. The molecule has 2 N–H and O–H groups in total. The van der Waals surface area contributed by atoms with Gasteiger partial charge in [-0.15, -0.1) is 0 Å². The van der Waals surface area contributed by atoms with Crippen molar-refractivity contribution in [1.82, 2.24) is 4.98 Å². The monoisotopic (exact) mass is 262 g/mol. The number of fused-ring (bicyclic) bond motifs is 1. The quantitative estimate of drug-likeness (QED) is 0.814. The van der Waals surface area contributed by atoms with Gasteiger partial charge in [-0.25, -0.2) is 4.98 Å². The minimum Gasteiger partial charge on any atom is -0.361 e. The van der Waals surface area contributed by atoms with Crippen LogP contribution in [0.2, 0.25) is 0 Å². The Morgan fingerprint density at radius 3 is 3.05 bits per heavy atom. The van der Waals surface area contributed by atoms with Crippen molar-refractivity contribution in [2.24, 2.45) is 0 Å². The fourth-order valence-electron chi connectivity index (χ4n) is 2.00. The fraction of sp³-hybridized carbons (Fsp3) is 0. The minimum atomic E-state index is -0.192. The molecule has 3 rings (SSSR count). The molecule has 0 saturated heterocycles. The van der Waals surface area contributed by atoms with Crippen LogP contribution in [0.25, 0.3) is 5.57 Å². The Hall–Kier alpha value is -3.13. The lowest BCUT2D eigenvalue weighted by atomic mass is 10.1. The Morgan fingerprint density at radius 1 is 1.30 bits per heavy atom. The van der Waals surface area contributed by atoms with Gasteiger partial charge in [0, 0.05) is 23.6 Å². The number of aromatic nitrogens is 1. The average Bonchev–Trinajstić information content (AvgIpc) is 2.81. The molecule has 1 aromatic heterocycles. The molecule has 0 saturated carbocycles. The second-order valence-corrected chi connectivity index (χ2v) is 4.25. The van der Waals surface area contributed by atoms with Gasteiger partial charge < -0.3 is 10.6 Å². The van der Waals surface area contributed by atoms with Crippen molar-refractivity contribution in [1.29, 1.82) is 5.26 Å². The average molecular weight is 262 g/mol. The van der Waals surface area contributed by atoms with Crippen LogP contribution >= 0.6 is 0 Å². The lowest BCUT2D eigenvalue weighted by Crippen LogP contribution is -2.05. The maximum atomic E-state index is 11.9. The molecule has 1 aliphatic rings. The molecule has 2 heterocycles. The van der Waals surface area contributed by atoms with Gasteiger partial charge in [0.15, 0.2) is 0 Å². The van der Waals surface area contributed by atoms with Crippen molar-refractivity contribution < 1.29 is 4.79 Å². The molecule has 2 aromatic rings.